The molecule has 0 amide bonds. The minimum Gasteiger partial charge on any atom is -0.328 e. The summed E-state index contributed by atoms with van der Waals surface area (Å²) in [6, 6.07) is 9.20. The van der Waals surface area contributed by atoms with Gasteiger partial charge in [0.05, 0.1) is 0 Å². The minimum atomic E-state index is 0.256. The third-order valence-electron chi connectivity index (χ3n) is 3.44. The molecular formula is C15H23NS. The quantitative estimate of drug-likeness (QED) is 0.802. The fourth-order valence-electron chi connectivity index (χ4n) is 2.48. The number of thioether (sulfide) groups is 1. The summed E-state index contributed by atoms with van der Waals surface area (Å²) in [4.78, 5) is 1.41. The van der Waals surface area contributed by atoms with Gasteiger partial charge in [0.15, 0.2) is 0 Å². The molecule has 1 atom stereocenters. The lowest BCUT2D eigenvalue weighted by Gasteiger charge is -2.09. The normalized spacial score (nSPS) is 18.5. The van der Waals surface area contributed by atoms with Gasteiger partial charge in [-0.2, -0.15) is 0 Å². The molecule has 2 rings (SSSR count). The number of hydrogen-bond donors (Lipinski definition) is 1. The molecule has 2 heteroatoms. The van der Waals surface area contributed by atoms with Gasteiger partial charge in [0.25, 0.3) is 0 Å². The van der Waals surface area contributed by atoms with E-state index in [-0.39, 0.29) is 6.04 Å². The lowest BCUT2D eigenvalue weighted by Crippen LogP contribution is -2.17. The highest BCUT2D eigenvalue weighted by atomic mass is 32.2. The van der Waals surface area contributed by atoms with Crippen molar-refractivity contribution in [3.8, 4) is 0 Å². The van der Waals surface area contributed by atoms with Gasteiger partial charge in [-0.25, -0.2) is 0 Å². The molecule has 1 aliphatic rings. The zero-order chi connectivity index (χ0) is 12.1. The Morgan fingerprint density at radius 3 is 2.47 bits per heavy atom. The molecule has 17 heavy (non-hydrogen) atoms. The Kier molecular flexibility index (Phi) is 4.93. The van der Waals surface area contributed by atoms with Crippen molar-refractivity contribution in [1.29, 1.82) is 0 Å². The first-order valence-electron chi connectivity index (χ1n) is 6.71. The fourth-order valence-corrected chi connectivity index (χ4v) is 3.57. The Morgan fingerprint density at radius 2 is 1.88 bits per heavy atom. The predicted octanol–water partition coefficient (Wildman–Crippen LogP) is 3.86. The van der Waals surface area contributed by atoms with Crippen LogP contribution in [0.4, 0.5) is 0 Å². The molecule has 1 aliphatic carbocycles. The zero-order valence-electron chi connectivity index (χ0n) is 10.7. The van der Waals surface area contributed by atoms with E-state index >= 15 is 0 Å². The molecule has 1 aromatic rings. The predicted molar refractivity (Wildman–Crippen MR) is 76.5 cm³/mol. The molecule has 0 saturated heterocycles. The molecule has 0 radical (unpaired) electrons. The van der Waals surface area contributed by atoms with E-state index in [1.807, 2.05) is 11.8 Å². The van der Waals surface area contributed by atoms with E-state index in [1.165, 1.54) is 41.9 Å². The molecule has 1 fully saturated rings. The molecule has 0 bridgehead atoms. The van der Waals surface area contributed by atoms with Crippen LogP contribution >= 0.6 is 11.8 Å². The third kappa shape index (κ3) is 4.36. The first-order chi connectivity index (χ1) is 8.24. The highest BCUT2D eigenvalue weighted by Gasteiger charge is 2.14. The molecule has 0 aliphatic heterocycles. The molecule has 1 nitrogen and oxygen atoms in total. The highest BCUT2D eigenvalue weighted by Crippen LogP contribution is 2.30. The van der Waals surface area contributed by atoms with Gasteiger partial charge in [-0.3, -0.25) is 0 Å². The van der Waals surface area contributed by atoms with E-state index in [4.69, 9.17) is 5.73 Å². The second kappa shape index (κ2) is 6.46. The molecule has 0 spiro atoms. The first kappa shape index (κ1) is 13.0. The van der Waals surface area contributed by atoms with Crippen LogP contribution in [0.5, 0.6) is 0 Å². The van der Waals surface area contributed by atoms with Crippen LogP contribution in [0.3, 0.4) is 0 Å². The van der Waals surface area contributed by atoms with Crippen LogP contribution in [0.2, 0.25) is 0 Å². The van der Waals surface area contributed by atoms with Crippen molar-refractivity contribution in [2.75, 3.05) is 5.75 Å². The van der Waals surface area contributed by atoms with E-state index in [2.05, 4.69) is 31.2 Å². The maximum atomic E-state index is 5.80. The van der Waals surface area contributed by atoms with Crippen molar-refractivity contribution in [3.05, 3.63) is 29.8 Å². The number of nitrogens with two attached hydrogens (primary N) is 1. The third-order valence-corrected chi connectivity index (χ3v) is 4.69. The standard InChI is InChI=1S/C15H23NS/c1-12(16)10-13-6-8-15(9-7-13)17-11-14-4-2-3-5-14/h6-9,12,14H,2-5,10-11,16H2,1H3. The first-order valence-corrected chi connectivity index (χ1v) is 7.70. The Labute approximate surface area is 109 Å². The van der Waals surface area contributed by atoms with Crippen molar-refractivity contribution in [2.45, 2.75) is 50.0 Å². The summed E-state index contributed by atoms with van der Waals surface area (Å²) >= 11 is 2.01. The summed E-state index contributed by atoms with van der Waals surface area (Å²) in [6.45, 7) is 2.06. The SMILES string of the molecule is CC(N)Cc1ccc(SCC2CCCC2)cc1. The van der Waals surface area contributed by atoms with Gasteiger partial charge in [0.2, 0.25) is 0 Å². The number of rotatable bonds is 5. The molecule has 0 aromatic heterocycles. The summed E-state index contributed by atoms with van der Waals surface area (Å²) in [5.41, 5.74) is 7.15. The van der Waals surface area contributed by atoms with Crippen molar-refractivity contribution in [3.63, 3.8) is 0 Å². The van der Waals surface area contributed by atoms with Crippen molar-refractivity contribution in [2.24, 2.45) is 11.7 Å². The van der Waals surface area contributed by atoms with Gasteiger partial charge in [-0.05, 0) is 49.8 Å². The van der Waals surface area contributed by atoms with Crippen LogP contribution in [-0.2, 0) is 6.42 Å². The van der Waals surface area contributed by atoms with Gasteiger partial charge < -0.3 is 5.73 Å². The van der Waals surface area contributed by atoms with E-state index in [0.29, 0.717) is 0 Å². The second-order valence-electron chi connectivity index (χ2n) is 5.29. The summed E-state index contributed by atoms with van der Waals surface area (Å²) in [7, 11) is 0. The summed E-state index contributed by atoms with van der Waals surface area (Å²) in [5.74, 6) is 2.26. The maximum Gasteiger partial charge on any atom is 0.00722 e. The van der Waals surface area contributed by atoms with Crippen LogP contribution in [0.1, 0.15) is 38.2 Å². The van der Waals surface area contributed by atoms with E-state index in [9.17, 15) is 0 Å². The highest BCUT2D eigenvalue weighted by molar-refractivity contribution is 7.99. The molecule has 2 N–H and O–H groups in total. The van der Waals surface area contributed by atoms with Crippen LogP contribution < -0.4 is 5.73 Å². The second-order valence-corrected chi connectivity index (χ2v) is 6.38. The lowest BCUT2D eigenvalue weighted by molar-refractivity contribution is 0.623. The topological polar surface area (TPSA) is 26.0 Å². The Balaban J connectivity index is 1.80. The number of hydrogen-bond acceptors (Lipinski definition) is 2. The van der Waals surface area contributed by atoms with Crippen LogP contribution in [0.25, 0.3) is 0 Å². The van der Waals surface area contributed by atoms with E-state index in [0.717, 1.165) is 12.3 Å². The average Bonchev–Trinajstić information content (AvgIpc) is 2.80. The largest absolute Gasteiger partial charge is 0.328 e. The summed E-state index contributed by atoms with van der Waals surface area (Å²) in [6.07, 6.45) is 6.75. The summed E-state index contributed by atoms with van der Waals surface area (Å²) in [5, 5.41) is 0. The Morgan fingerprint density at radius 1 is 1.24 bits per heavy atom. The van der Waals surface area contributed by atoms with Crippen LogP contribution in [-0.4, -0.2) is 11.8 Å². The Bertz CT molecular complexity index is 325. The van der Waals surface area contributed by atoms with Crippen molar-refractivity contribution >= 4 is 11.8 Å². The number of benzene rings is 1. The van der Waals surface area contributed by atoms with E-state index < -0.39 is 0 Å². The monoisotopic (exact) mass is 249 g/mol. The smallest absolute Gasteiger partial charge is 0.00722 e. The van der Waals surface area contributed by atoms with Gasteiger partial charge in [0, 0.05) is 16.7 Å². The lowest BCUT2D eigenvalue weighted by atomic mass is 10.1. The minimum absolute atomic E-state index is 0.256. The maximum absolute atomic E-state index is 5.80. The fraction of sp³-hybridized carbons (Fsp3) is 0.600. The van der Waals surface area contributed by atoms with Gasteiger partial charge >= 0.3 is 0 Å². The molecular weight excluding hydrogens is 226 g/mol. The summed E-state index contributed by atoms with van der Waals surface area (Å²) < 4.78 is 0. The van der Waals surface area contributed by atoms with Gasteiger partial charge in [0.1, 0.15) is 0 Å². The van der Waals surface area contributed by atoms with Crippen LogP contribution in [0, 0.1) is 5.92 Å². The average molecular weight is 249 g/mol. The molecule has 1 saturated carbocycles. The molecule has 1 unspecified atom stereocenters. The Hall–Kier alpha value is -0.470. The molecule has 0 heterocycles. The zero-order valence-corrected chi connectivity index (χ0v) is 11.5. The van der Waals surface area contributed by atoms with Gasteiger partial charge in [-0.15, -0.1) is 11.8 Å². The van der Waals surface area contributed by atoms with Gasteiger partial charge in [-0.1, -0.05) is 25.0 Å². The van der Waals surface area contributed by atoms with Crippen molar-refractivity contribution in [1.82, 2.24) is 0 Å². The van der Waals surface area contributed by atoms with Crippen LogP contribution in [0.15, 0.2) is 29.2 Å². The molecule has 1 aromatic carbocycles. The molecule has 94 valence electrons. The van der Waals surface area contributed by atoms with Crippen molar-refractivity contribution < 1.29 is 0 Å². The van der Waals surface area contributed by atoms with E-state index in [1.54, 1.807) is 0 Å².